The largest absolute Gasteiger partial charge is 0.495 e. The molecule has 1 heterocycles. The highest BCUT2D eigenvalue weighted by molar-refractivity contribution is 7.92. The number of piperidine rings is 1. The fourth-order valence-corrected chi connectivity index (χ4v) is 5.40. The SMILES string of the molecule is COc1ccc([N+](=O)[O-])cc1N(C[C@H](O)C[NH+]1CCCCC1)S(=O)(=O)c1ccccc1. The molecule has 1 aliphatic rings. The van der Waals surface area contributed by atoms with Crippen molar-refractivity contribution in [3.8, 4) is 5.75 Å². The molecule has 0 spiro atoms. The monoisotopic (exact) mass is 450 g/mol. The van der Waals surface area contributed by atoms with E-state index in [2.05, 4.69) is 0 Å². The van der Waals surface area contributed by atoms with Crippen molar-refractivity contribution in [1.29, 1.82) is 0 Å². The summed E-state index contributed by atoms with van der Waals surface area (Å²) in [5.41, 5.74) is -0.242. The molecule has 1 fully saturated rings. The van der Waals surface area contributed by atoms with Gasteiger partial charge >= 0.3 is 0 Å². The summed E-state index contributed by atoms with van der Waals surface area (Å²) in [6.07, 6.45) is 2.37. The van der Waals surface area contributed by atoms with E-state index >= 15 is 0 Å². The summed E-state index contributed by atoms with van der Waals surface area (Å²) < 4.78 is 33.3. The lowest BCUT2D eigenvalue weighted by molar-refractivity contribution is -0.907. The molecule has 3 rings (SSSR count). The zero-order valence-electron chi connectivity index (χ0n) is 17.4. The molecule has 1 saturated heterocycles. The van der Waals surface area contributed by atoms with Crippen molar-refractivity contribution in [3.63, 3.8) is 0 Å². The van der Waals surface area contributed by atoms with Gasteiger partial charge in [0.25, 0.3) is 15.7 Å². The number of hydrogen-bond donors (Lipinski definition) is 2. The van der Waals surface area contributed by atoms with Crippen LogP contribution < -0.4 is 13.9 Å². The molecule has 10 heteroatoms. The Bertz CT molecular complexity index is 993. The standard InChI is InChI=1S/C21H27N3O6S/c1-30-21-11-10-17(24(26)27)14-20(21)23(31(28,29)19-8-4-2-5-9-19)16-18(25)15-22-12-6-3-7-13-22/h2,4-5,8-11,14,18,25H,3,6-7,12-13,15-16H2,1H3/p+1/t18-/m1/s1. The van der Waals surface area contributed by atoms with Crippen LogP contribution in [0.15, 0.2) is 53.4 Å². The van der Waals surface area contributed by atoms with E-state index in [9.17, 15) is 23.6 Å². The topological polar surface area (TPSA) is 114 Å². The first kappa shape index (κ1) is 23.0. The first-order valence-corrected chi connectivity index (χ1v) is 11.7. The van der Waals surface area contributed by atoms with Gasteiger partial charge in [0.05, 0.1) is 36.6 Å². The van der Waals surface area contributed by atoms with Crippen molar-refractivity contribution in [1.82, 2.24) is 0 Å². The molecule has 1 aliphatic heterocycles. The second kappa shape index (κ2) is 10.1. The van der Waals surface area contributed by atoms with E-state index in [0.717, 1.165) is 30.2 Å². The highest BCUT2D eigenvalue weighted by Gasteiger charge is 2.32. The summed E-state index contributed by atoms with van der Waals surface area (Å²) in [6.45, 7) is 2.03. The number of aliphatic hydroxyl groups excluding tert-OH is 1. The number of likely N-dealkylation sites (tertiary alicyclic amines) is 1. The molecule has 31 heavy (non-hydrogen) atoms. The molecule has 0 unspecified atom stereocenters. The molecule has 9 nitrogen and oxygen atoms in total. The van der Waals surface area contributed by atoms with E-state index in [1.54, 1.807) is 18.2 Å². The number of benzene rings is 2. The zero-order chi connectivity index (χ0) is 22.4. The van der Waals surface area contributed by atoms with Crippen LogP contribution in [0.3, 0.4) is 0 Å². The van der Waals surface area contributed by atoms with Crippen LogP contribution in [0.5, 0.6) is 5.75 Å². The van der Waals surface area contributed by atoms with Crippen LogP contribution in [0.1, 0.15) is 19.3 Å². The molecule has 0 aliphatic carbocycles. The average Bonchev–Trinajstić information content (AvgIpc) is 2.78. The number of anilines is 1. The highest BCUT2D eigenvalue weighted by atomic mass is 32.2. The van der Waals surface area contributed by atoms with Crippen LogP contribution in [-0.4, -0.2) is 57.8 Å². The molecule has 2 aromatic carbocycles. The number of sulfonamides is 1. The number of non-ortho nitro benzene ring substituents is 1. The van der Waals surface area contributed by atoms with E-state index in [0.29, 0.717) is 6.54 Å². The van der Waals surface area contributed by atoms with Crippen LogP contribution in [0.4, 0.5) is 11.4 Å². The van der Waals surface area contributed by atoms with E-state index in [1.165, 1.54) is 48.8 Å². The van der Waals surface area contributed by atoms with E-state index < -0.39 is 21.1 Å². The van der Waals surface area contributed by atoms with Gasteiger partial charge in [0.15, 0.2) is 0 Å². The number of quaternary nitrogens is 1. The number of aliphatic hydroxyl groups is 1. The summed E-state index contributed by atoms with van der Waals surface area (Å²) in [4.78, 5) is 12.0. The molecule has 0 radical (unpaired) electrons. The average molecular weight is 451 g/mol. The summed E-state index contributed by atoms with van der Waals surface area (Å²) in [6, 6.07) is 11.6. The Hall–Kier alpha value is -2.69. The number of methoxy groups -OCH3 is 1. The summed E-state index contributed by atoms with van der Waals surface area (Å²) in [5, 5.41) is 22.1. The highest BCUT2D eigenvalue weighted by Crippen LogP contribution is 2.35. The number of ether oxygens (including phenoxy) is 1. The fraction of sp³-hybridized carbons (Fsp3) is 0.429. The third-order valence-electron chi connectivity index (χ3n) is 5.43. The molecule has 2 aromatic rings. The van der Waals surface area contributed by atoms with Crippen molar-refractivity contribution >= 4 is 21.4 Å². The molecular formula is C21H28N3O6S+. The molecule has 1 atom stereocenters. The number of nitrogens with zero attached hydrogens (tertiary/aromatic N) is 2. The second-order valence-corrected chi connectivity index (χ2v) is 9.49. The first-order chi connectivity index (χ1) is 14.8. The maximum atomic E-state index is 13.5. The van der Waals surface area contributed by atoms with E-state index in [1.807, 2.05) is 0 Å². The summed E-state index contributed by atoms with van der Waals surface area (Å²) >= 11 is 0. The van der Waals surface area contributed by atoms with Crippen molar-refractivity contribution in [2.24, 2.45) is 0 Å². The maximum absolute atomic E-state index is 13.5. The van der Waals surface area contributed by atoms with Gasteiger partial charge in [-0.1, -0.05) is 18.2 Å². The molecule has 0 bridgehead atoms. The van der Waals surface area contributed by atoms with Gasteiger partial charge in [0.2, 0.25) is 0 Å². The van der Waals surface area contributed by atoms with Crippen LogP contribution in [0.25, 0.3) is 0 Å². The summed E-state index contributed by atoms with van der Waals surface area (Å²) in [5.74, 6) is 0.169. The van der Waals surface area contributed by atoms with Crippen molar-refractivity contribution in [2.75, 3.05) is 37.6 Å². The fourth-order valence-electron chi connectivity index (χ4n) is 3.88. The molecule has 0 amide bonds. The van der Waals surface area contributed by atoms with Gasteiger partial charge < -0.3 is 14.7 Å². The summed E-state index contributed by atoms with van der Waals surface area (Å²) in [7, 11) is -2.74. The minimum atomic E-state index is -4.10. The van der Waals surface area contributed by atoms with Gasteiger partial charge in [-0.3, -0.25) is 14.4 Å². The molecule has 0 aromatic heterocycles. The Kier molecular flexibility index (Phi) is 7.47. The predicted molar refractivity (Wildman–Crippen MR) is 116 cm³/mol. The van der Waals surface area contributed by atoms with Crippen LogP contribution in [0.2, 0.25) is 0 Å². The number of nitro groups is 1. The lowest BCUT2D eigenvalue weighted by Gasteiger charge is -2.30. The van der Waals surface area contributed by atoms with Gasteiger partial charge in [-0.25, -0.2) is 8.42 Å². The lowest BCUT2D eigenvalue weighted by Crippen LogP contribution is -3.14. The quantitative estimate of drug-likeness (QED) is 0.439. The lowest BCUT2D eigenvalue weighted by atomic mass is 10.1. The smallest absolute Gasteiger partial charge is 0.271 e. The molecule has 168 valence electrons. The number of nitrogens with one attached hydrogen (secondary N) is 1. The van der Waals surface area contributed by atoms with Crippen LogP contribution >= 0.6 is 0 Å². The minimum Gasteiger partial charge on any atom is -0.495 e. The first-order valence-electron chi connectivity index (χ1n) is 10.2. The normalized spacial score (nSPS) is 15.9. The van der Waals surface area contributed by atoms with Crippen LogP contribution in [-0.2, 0) is 10.0 Å². The Morgan fingerprint density at radius 3 is 2.45 bits per heavy atom. The number of nitro benzene ring substituents is 1. The van der Waals surface area contributed by atoms with Crippen molar-refractivity contribution in [3.05, 3.63) is 58.6 Å². The zero-order valence-corrected chi connectivity index (χ0v) is 18.3. The Labute approximate surface area is 182 Å². The minimum absolute atomic E-state index is 0.0215. The number of hydrogen-bond acceptors (Lipinski definition) is 6. The van der Waals surface area contributed by atoms with Crippen molar-refractivity contribution < 1.29 is 28.1 Å². The third-order valence-corrected chi connectivity index (χ3v) is 7.23. The predicted octanol–water partition coefficient (Wildman–Crippen LogP) is 1.23. The van der Waals surface area contributed by atoms with Gasteiger partial charge in [0, 0.05) is 12.1 Å². The molecule has 0 saturated carbocycles. The van der Waals surface area contributed by atoms with Gasteiger partial charge in [-0.15, -0.1) is 0 Å². The van der Waals surface area contributed by atoms with Gasteiger partial charge in [0.1, 0.15) is 24.1 Å². The van der Waals surface area contributed by atoms with E-state index in [4.69, 9.17) is 4.74 Å². The molecular weight excluding hydrogens is 422 g/mol. The van der Waals surface area contributed by atoms with Crippen LogP contribution in [0, 0.1) is 10.1 Å². The van der Waals surface area contributed by atoms with Gasteiger partial charge in [-0.05, 0) is 37.5 Å². The number of rotatable bonds is 9. The van der Waals surface area contributed by atoms with Gasteiger partial charge in [-0.2, -0.15) is 0 Å². The van der Waals surface area contributed by atoms with Crippen molar-refractivity contribution in [2.45, 2.75) is 30.3 Å². The maximum Gasteiger partial charge on any atom is 0.271 e. The third kappa shape index (κ3) is 5.52. The Morgan fingerprint density at radius 2 is 1.84 bits per heavy atom. The Morgan fingerprint density at radius 1 is 1.16 bits per heavy atom. The Balaban J connectivity index is 2.00. The second-order valence-electron chi connectivity index (χ2n) is 7.63. The molecule has 2 N–H and O–H groups in total. The van der Waals surface area contributed by atoms with E-state index in [-0.39, 0.29) is 28.6 Å².